The molecule has 0 saturated carbocycles. The zero-order chi connectivity index (χ0) is 11.5. The van der Waals surface area contributed by atoms with E-state index in [-0.39, 0.29) is 6.10 Å². The lowest BCUT2D eigenvalue weighted by atomic mass is 10.1. The van der Waals surface area contributed by atoms with Gasteiger partial charge >= 0.3 is 5.97 Å². The van der Waals surface area contributed by atoms with Crippen LogP contribution in [0.1, 0.15) is 19.3 Å². The van der Waals surface area contributed by atoms with Crippen molar-refractivity contribution in [3.8, 4) is 0 Å². The Labute approximate surface area is 95.5 Å². The Morgan fingerprint density at radius 3 is 2.81 bits per heavy atom. The third-order valence-electron chi connectivity index (χ3n) is 3.55. The Hall–Kier alpha value is -0.650. The van der Waals surface area contributed by atoms with Crippen LogP contribution in [0.25, 0.3) is 0 Å². The van der Waals surface area contributed by atoms with Crippen LogP contribution in [0.5, 0.6) is 0 Å². The lowest BCUT2D eigenvalue weighted by molar-refractivity contribution is -0.149. The van der Waals surface area contributed by atoms with Crippen LogP contribution in [0.2, 0.25) is 0 Å². The Kier molecular flexibility index (Phi) is 3.78. The number of carboxylic acid groups (broad SMARTS) is 1. The van der Waals surface area contributed by atoms with Crippen molar-refractivity contribution in [2.75, 3.05) is 26.2 Å². The molecule has 3 N–H and O–H groups in total. The highest BCUT2D eigenvalue weighted by atomic mass is 16.5. The average molecular weight is 228 g/mol. The maximum Gasteiger partial charge on any atom is 0.332 e. The first-order valence-electron chi connectivity index (χ1n) is 5.99. The van der Waals surface area contributed by atoms with Gasteiger partial charge in [0.15, 0.2) is 6.10 Å². The molecule has 5 nitrogen and oxygen atoms in total. The molecule has 0 spiro atoms. The Balaban J connectivity index is 1.73. The van der Waals surface area contributed by atoms with Crippen molar-refractivity contribution in [1.82, 2.24) is 4.90 Å². The molecule has 5 heteroatoms. The normalized spacial score (nSPS) is 35.7. The van der Waals surface area contributed by atoms with E-state index in [2.05, 4.69) is 4.90 Å². The van der Waals surface area contributed by atoms with Crippen LogP contribution in [0, 0.1) is 5.92 Å². The molecule has 2 saturated heterocycles. The molecule has 0 aromatic rings. The summed E-state index contributed by atoms with van der Waals surface area (Å²) in [7, 11) is 0. The average Bonchev–Trinajstić information content (AvgIpc) is 2.87. The van der Waals surface area contributed by atoms with E-state index >= 15 is 0 Å². The molecule has 0 amide bonds. The van der Waals surface area contributed by atoms with Crippen molar-refractivity contribution >= 4 is 5.97 Å². The fourth-order valence-electron chi connectivity index (χ4n) is 2.58. The summed E-state index contributed by atoms with van der Waals surface area (Å²) in [5, 5.41) is 8.82. The van der Waals surface area contributed by atoms with Gasteiger partial charge in [-0.2, -0.15) is 0 Å². The number of hydrogen-bond donors (Lipinski definition) is 2. The topological polar surface area (TPSA) is 75.8 Å². The summed E-state index contributed by atoms with van der Waals surface area (Å²) in [6.07, 6.45) is 2.18. The smallest absolute Gasteiger partial charge is 0.332 e. The van der Waals surface area contributed by atoms with E-state index in [4.69, 9.17) is 15.6 Å². The molecule has 3 unspecified atom stereocenters. The van der Waals surface area contributed by atoms with Crippen molar-refractivity contribution in [1.29, 1.82) is 0 Å². The maximum atomic E-state index is 10.7. The molecule has 92 valence electrons. The van der Waals surface area contributed by atoms with Gasteiger partial charge in [-0.05, 0) is 38.3 Å². The van der Waals surface area contributed by atoms with Crippen LogP contribution >= 0.6 is 0 Å². The van der Waals surface area contributed by atoms with E-state index in [0.29, 0.717) is 12.3 Å². The largest absolute Gasteiger partial charge is 0.479 e. The van der Waals surface area contributed by atoms with Crippen molar-refractivity contribution in [2.24, 2.45) is 11.7 Å². The molecule has 0 radical (unpaired) electrons. The first kappa shape index (κ1) is 11.8. The fourth-order valence-corrected chi connectivity index (χ4v) is 2.58. The predicted molar refractivity (Wildman–Crippen MR) is 59.1 cm³/mol. The van der Waals surface area contributed by atoms with Crippen LogP contribution < -0.4 is 5.73 Å². The van der Waals surface area contributed by atoms with E-state index in [1.807, 2.05) is 0 Å². The minimum absolute atomic E-state index is 0.0950. The zero-order valence-electron chi connectivity index (χ0n) is 9.47. The van der Waals surface area contributed by atoms with Crippen molar-refractivity contribution < 1.29 is 14.6 Å². The number of aliphatic carboxylic acids is 1. The van der Waals surface area contributed by atoms with Crippen molar-refractivity contribution in [2.45, 2.75) is 31.5 Å². The molecule has 2 rings (SSSR count). The summed E-state index contributed by atoms with van der Waals surface area (Å²) in [5.74, 6) is -0.222. The first-order valence-corrected chi connectivity index (χ1v) is 5.99. The van der Waals surface area contributed by atoms with Gasteiger partial charge in [0, 0.05) is 13.1 Å². The van der Waals surface area contributed by atoms with Gasteiger partial charge in [-0.3, -0.25) is 0 Å². The number of rotatable bonds is 4. The zero-order valence-corrected chi connectivity index (χ0v) is 9.47. The molecule has 3 atom stereocenters. The molecule has 0 aromatic carbocycles. The van der Waals surface area contributed by atoms with Crippen LogP contribution in [0.4, 0.5) is 0 Å². The molecular weight excluding hydrogens is 208 g/mol. The van der Waals surface area contributed by atoms with Gasteiger partial charge in [0.2, 0.25) is 0 Å². The number of nitrogens with two attached hydrogens (primary N) is 1. The number of hydrogen-bond acceptors (Lipinski definition) is 4. The number of carboxylic acids is 1. The summed E-state index contributed by atoms with van der Waals surface area (Å²) in [4.78, 5) is 13.1. The number of nitrogens with zero attached hydrogens (tertiary/aromatic N) is 1. The number of likely N-dealkylation sites (tertiary alicyclic amines) is 1. The van der Waals surface area contributed by atoms with Gasteiger partial charge in [-0.1, -0.05) is 0 Å². The SMILES string of the molecule is NCC1CCN(CC2CCC(C(=O)O)O2)C1. The minimum Gasteiger partial charge on any atom is -0.479 e. The Morgan fingerprint density at radius 2 is 2.25 bits per heavy atom. The predicted octanol–water partition coefficient (Wildman–Crippen LogP) is -0.101. The Morgan fingerprint density at radius 1 is 1.44 bits per heavy atom. The van der Waals surface area contributed by atoms with Gasteiger partial charge < -0.3 is 20.5 Å². The summed E-state index contributed by atoms with van der Waals surface area (Å²) in [6.45, 7) is 3.72. The van der Waals surface area contributed by atoms with E-state index in [9.17, 15) is 4.79 Å². The van der Waals surface area contributed by atoms with Crippen LogP contribution in [0.15, 0.2) is 0 Å². The number of ether oxygens (including phenoxy) is 1. The molecule has 16 heavy (non-hydrogen) atoms. The maximum absolute atomic E-state index is 10.7. The van der Waals surface area contributed by atoms with E-state index in [0.717, 1.165) is 39.0 Å². The quantitative estimate of drug-likeness (QED) is 0.702. The van der Waals surface area contributed by atoms with Crippen LogP contribution in [-0.2, 0) is 9.53 Å². The van der Waals surface area contributed by atoms with E-state index in [1.54, 1.807) is 0 Å². The molecule has 2 aliphatic heterocycles. The second kappa shape index (κ2) is 5.12. The lowest BCUT2D eigenvalue weighted by Crippen LogP contribution is -2.32. The van der Waals surface area contributed by atoms with Crippen LogP contribution in [0.3, 0.4) is 0 Å². The second-order valence-corrected chi connectivity index (χ2v) is 4.81. The van der Waals surface area contributed by atoms with Gasteiger partial charge in [-0.15, -0.1) is 0 Å². The lowest BCUT2D eigenvalue weighted by Gasteiger charge is -2.20. The van der Waals surface area contributed by atoms with Crippen molar-refractivity contribution in [3.63, 3.8) is 0 Å². The summed E-state index contributed by atoms with van der Waals surface area (Å²) < 4.78 is 5.48. The number of carbonyl (C=O) groups is 1. The van der Waals surface area contributed by atoms with Crippen LogP contribution in [-0.4, -0.2) is 54.4 Å². The Bertz CT molecular complexity index is 260. The summed E-state index contributed by atoms with van der Waals surface area (Å²) in [5.41, 5.74) is 5.63. The van der Waals surface area contributed by atoms with Gasteiger partial charge in [0.25, 0.3) is 0 Å². The second-order valence-electron chi connectivity index (χ2n) is 4.81. The molecule has 0 aromatic heterocycles. The van der Waals surface area contributed by atoms with Gasteiger partial charge in [0.05, 0.1) is 6.10 Å². The first-order chi connectivity index (χ1) is 7.69. The molecular formula is C11H20N2O3. The highest BCUT2D eigenvalue weighted by molar-refractivity contribution is 5.72. The molecule has 0 bridgehead atoms. The van der Waals surface area contributed by atoms with E-state index in [1.165, 1.54) is 0 Å². The molecule has 0 aliphatic carbocycles. The summed E-state index contributed by atoms with van der Waals surface area (Å²) in [6, 6.07) is 0. The highest BCUT2D eigenvalue weighted by Crippen LogP contribution is 2.23. The summed E-state index contributed by atoms with van der Waals surface area (Å²) >= 11 is 0. The van der Waals surface area contributed by atoms with E-state index < -0.39 is 12.1 Å². The molecule has 2 fully saturated rings. The third-order valence-corrected chi connectivity index (χ3v) is 3.55. The highest BCUT2D eigenvalue weighted by Gasteiger charge is 2.32. The third kappa shape index (κ3) is 2.72. The standard InChI is InChI=1S/C11H20N2O3/c12-5-8-3-4-13(6-8)7-9-1-2-10(16-9)11(14)15/h8-10H,1-7,12H2,(H,14,15). The minimum atomic E-state index is -0.830. The molecule has 2 heterocycles. The van der Waals surface area contributed by atoms with Gasteiger partial charge in [0.1, 0.15) is 0 Å². The monoisotopic (exact) mass is 228 g/mol. The van der Waals surface area contributed by atoms with Crippen molar-refractivity contribution in [3.05, 3.63) is 0 Å². The van der Waals surface area contributed by atoms with Gasteiger partial charge in [-0.25, -0.2) is 4.79 Å². The molecule has 2 aliphatic rings. The fraction of sp³-hybridized carbons (Fsp3) is 0.909.